The number of aromatic nitrogens is 1. The van der Waals surface area contributed by atoms with Crippen molar-refractivity contribution in [3.05, 3.63) is 63.3 Å². The summed E-state index contributed by atoms with van der Waals surface area (Å²) >= 11 is 9.24. The molecule has 0 bridgehead atoms. The summed E-state index contributed by atoms with van der Waals surface area (Å²) in [7, 11) is 0. The van der Waals surface area contributed by atoms with Gasteiger partial charge in [-0.25, -0.2) is 4.98 Å². The van der Waals surface area contributed by atoms with Gasteiger partial charge in [-0.05, 0) is 27.6 Å². The van der Waals surface area contributed by atoms with E-state index in [9.17, 15) is 4.79 Å². The van der Waals surface area contributed by atoms with Gasteiger partial charge in [0.1, 0.15) is 11.7 Å². The maximum absolute atomic E-state index is 12.5. The van der Waals surface area contributed by atoms with Crippen LogP contribution in [0.4, 0.5) is 0 Å². The number of pyridine rings is 1. The number of nitriles is 1. The Labute approximate surface area is 136 Å². The predicted molar refractivity (Wildman–Crippen MR) is 83.7 cm³/mol. The van der Waals surface area contributed by atoms with Crippen molar-refractivity contribution in [3.8, 4) is 6.07 Å². The second-order valence-electron chi connectivity index (χ2n) is 4.30. The van der Waals surface area contributed by atoms with Gasteiger partial charge < -0.3 is 4.90 Å². The van der Waals surface area contributed by atoms with Gasteiger partial charge in [0.2, 0.25) is 0 Å². The lowest BCUT2D eigenvalue weighted by Gasteiger charge is -2.20. The summed E-state index contributed by atoms with van der Waals surface area (Å²) in [5.41, 5.74) is 1.22. The molecule has 0 aliphatic carbocycles. The Hall–Kier alpha value is -1.90. The molecule has 1 heterocycles. The molecule has 0 radical (unpaired) electrons. The molecule has 1 amide bonds. The van der Waals surface area contributed by atoms with Crippen LogP contribution < -0.4 is 0 Å². The van der Waals surface area contributed by atoms with Crippen molar-refractivity contribution >= 4 is 33.4 Å². The SMILES string of the molecule is N#CCN(Cc1ccccc1)C(=O)c1cc(Br)cnc1Cl. The molecular weight excluding hydrogens is 354 g/mol. The monoisotopic (exact) mass is 363 g/mol. The fourth-order valence-corrected chi connectivity index (χ4v) is 2.35. The van der Waals surface area contributed by atoms with E-state index in [4.69, 9.17) is 16.9 Å². The van der Waals surface area contributed by atoms with E-state index >= 15 is 0 Å². The molecule has 0 fully saturated rings. The molecule has 0 aliphatic rings. The average molecular weight is 365 g/mol. The minimum Gasteiger partial charge on any atom is -0.321 e. The Kier molecular flexibility index (Phi) is 5.32. The highest BCUT2D eigenvalue weighted by atomic mass is 79.9. The molecule has 0 aliphatic heterocycles. The number of carbonyl (C=O) groups is 1. The molecule has 6 heteroatoms. The van der Waals surface area contributed by atoms with Gasteiger partial charge in [0.05, 0.1) is 11.6 Å². The van der Waals surface area contributed by atoms with E-state index < -0.39 is 0 Å². The molecule has 0 N–H and O–H groups in total. The minimum absolute atomic E-state index is 0.0173. The van der Waals surface area contributed by atoms with E-state index in [2.05, 4.69) is 20.9 Å². The lowest BCUT2D eigenvalue weighted by Crippen LogP contribution is -2.31. The first kappa shape index (κ1) is 15.5. The van der Waals surface area contributed by atoms with Crippen molar-refractivity contribution in [2.75, 3.05) is 6.54 Å². The van der Waals surface area contributed by atoms with Crippen LogP contribution in [-0.4, -0.2) is 22.3 Å². The molecule has 0 saturated carbocycles. The molecule has 106 valence electrons. The van der Waals surface area contributed by atoms with Crippen molar-refractivity contribution in [3.63, 3.8) is 0 Å². The second-order valence-corrected chi connectivity index (χ2v) is 5.57. The van der Waals surface area contributed by atoms with E-state index in [0.29, 0.717) is 11.0 Å². The van der Waals surface area contributed by atoms with Crippen LogP contribution in [0.2, 0.25) is 5.15 Å². The largest absolute Gasteiger partial charge is 0.321 e. The lowest BCUT2D eigenvalue weighted by molar-refractivity contribution is 0.0764. The highest BCUT2D eigenvalue weighted by molar-refractivity contribution is 9.10. The highest BCUT2D eigenvalue weighted by Crippen LogP contribution is 2.20. The zero-order valence-corrected chi connectivity index (χ0v) is 13.3. The molecule has 0 atom stereocenters. The standard InChI is InChI=1S/C15H11BrClN3O/c16-12-8-13(14(17)19-9-12)15(21)20(7-6-18)10-11-4-2-1-3-5-11/h1-5,8-9H,7,10H2. The Morgan fingerprint density at radius 2 is 2.10 bits per heavy atom. The second kappa shape index (κ2) is 7.21. The molecule has 4 nitrogen and oxygen atoms in total. The van der Waals surface area contributed by atoms with E-state index in [1.54, 1.807) is 6.07 Å². The normalized spacial score (nSPS) is 9.95. The number of hydrogen-bond donors (Lipinski definition) is 0. The Bertz CT molecular complexity index is 685. The summed E-state index contributed by atoms with van der Waals surface area (Å²) in [5.74, 6) is -0.320. The zero-order chi connectivity index (χ0) is 15.2. The first-order chi connectivity index (χ1) is 10.1. The summed E-state index contributed by atoms with van der Waals surface area (Å²) in [6.07, 6.45) is 1.52. The number of hydrogen-bond acceptors (Lipinski definition) is 3. The molecule has 0 unspecified atom stereocenters. The van der Waals surface area contributed by atoms with Gasteiger partial charge in [-0.3, -0.25) is 4.79 Å². The predicted octanol–water partition coefficient (Wildman–Crippen LogP) is 3.66. The number of benzene rings is 1. The summed E-state index contributed by atoms with van der Waals surface area (Å²) in [4.78, 5) is 17.9. The Morgan fingerprint density at radius 1 is 1.38 bits per heavy atom. The summed E-state index contributed by atoms with van der Waals surface area (Å²) < 4.78 is 0.659. The average Bonchev–Trinajstić information content (AvgIpc) is 2.49. The van der Waals surface area contributed by atoms with Crippen LogP contribution in [0.25, 0.3) is 0 Å². The van der Waals surface area contributed by atoms with Crippen LogP contribution in [0, 0.1) is 11.3 Å². The maximum Gasteiger partial charge on any atom is 0.258 e. The van der Waals surface area contributed by atoms with E-state index in [1.165, 1.54) is 11.1 Å². The number of carbonyl (C=O) groups excluding carboxylic acids is 1. The van der Waals surface area contributed by atoms with Gasteiger partial charge in [-0.1, -0.05) is 41.9 Å². The number of amides is 1. The Morgan fingerprint density at radius 3 is 2.76 bits per heavy atom. The molecule has 2 aromatic rings. The van der Waals surface area contributed by atoms with Gasteiger partial charge in [0.25, 0.3) is 5.91 Å². The first-order valence-corrected chi connectivity index (χ1v) is 7.30. The summed E-state index contributed by atoms with van der Waals surface area (Å²) in [6.45, 7) is 0.326. The number of nitrogens with zero attached hydrogens (tertiary/aromatic N) is 3. The first-order valence-electron chi connectivity index (χ1n) is 6.13. The zero-order valence-electron chi connectivity index (χ0n) is 11.0. The van der Waals surface area contributed by atoms with Crippen molar-refractivity contribution in [2.24, 2.45) is 0 Å². The molecule has 21 heavy (non-hydrogen) atoms. The quantitative estimate of drug-likeness (QED) is 0.614. The third kappa shape index (κ3) is 4.03. The van der Waals surface area contributed by atoms with Crippen molar-refractivity contribution in [2.45, 2.75) is 6.54 Å². The van der Waals surface area contributed by atoms with Crippen molar-refractivity contribution in [1.29, 1.82) is 5.26 Å². The molecule has 0 spiro atoms. The third-order valence-corrected chi connectivity index (χ3v) is 3.54. The van der Waals surface area contributed by atoms with Crippen LogP contribution in [0.15, 0.2) is 47.1 Å². The smallest absolute Gasteiger partial charge is 0.258 e. The van der Waals surface area contributed by atoms with Crippen LogP contribution in [0.1, 0.15) is 15.9 Å². The lowest BCUT2D eigenvalue weighted by atomic mass is 10.2. The molecule has 1 aromatic carbocycles. The third-order valence-electron chi connectivity index (χ3n) is 2.80. The topological polar surface area (TPSA) is 57.0 Å². The summed E-state index contributed by atoms with van der Waals surface area (Å²) in [6, 6.07) is 13.1. The van der Waals surface area contributed by atoms with Crippen LogP contribution >= 0.6 is 27.5 Å². The molecule has 2 rings (SSSR count). The van der Waals surface area contributed by atoms with Gasteiger partial charge in [-0.15, -0.1) is 0 Å². The number of halogens is 2. The maximum atomic E-state index is 12.5. The van der Waals surface area contributed by atoms with Crippen molar-refractivity contribution in [1.82, 2.24) is 9.88 Å². The van der Waals surface area contributed by atoms with Gasteiger partial charge >= 0.3 is 0 Å². The number of rotatable bonds is 4. The van der Waals surface area contributed by atoms with E-state index in [0.717, 1.165) is 5.56 Å². The fraction of sp³-hybridized carbons (Fsp3) is 0.133. The Balaban J connectivity index is 2.27. The fourth-order valence-electron chi connectivity index (χ4n) is 1.83. The van der Waals surface area contributed by atoms with Gasteiger partial charge in [-0.2, -0.15) is 5.26 Å². The van der Waals surface area contributed by atoms with Crippen LogP contribution in [0.5, 0.6) is 0 Å². The van der Waals surface area contributed by atoms with Crippen LogP contribution in [-0.2, 0) is 6.54 Å². The molecule has 1 aromatic heterocycles. The van der Waals surface area contributed by atoms with E-state index in [-0.39, 0.29) is 23.2 Å². The highest BCUT2D eigenvalue weighted by Gasteiger charge is 2.19. The van der Waals surface area contributed by atoms with Crippen LogP contribution in [0.3, 0.4) is 0 Å². The minimum atomic E-state index is -0.320. The van der Waals surface area contributed by atoms with Gasteiger partial charge in [0.15, 0.2) is 0 Å². The van der Waals surface area contributed by atoms with Gasteiger partial charge in [0, 0.05) is 17.2 Å². The molecule has 0 saturated heterocycles. The molecular formula is C15H11BrClN3O. The summed E-state index contributed by atoms with van der Waals surface area (Å²) in [5, 5.41) is 9.06. The van der Waals surface area contributed by atoms with E-state index in [1.807, 2.05) is 36.4 Å². The van der Waals surface area contributed by atoms with Crippen molar-refractivity contribution < 1.29 is 4.79 Å².